The van der Waals surface area contributed by atoms with Gasteiger partial charge in [-0.2, -0.15) is 0 Å². The van der Waals surface area contributed by atoms with E-state index in [1.54, 1.807) is 11.3 Å². The van der Waals surface area contributed by atoms with Crippen LogP contribution in [0.2, 0.25) is 0 Å². The number of nitrogens with zero attached hydrogens (tertiary/aromatic N) is 2. The molecular formula is C15H25N3O2S. The highest BCUT2D eigenvalue weighted by molar-refractivity contribution is 7.09. The van der Waals surface area contributed by atoms with Crippen molar-refractivity contribution in [2.24, 2.45) is 0 Å². The van der Waals surface area contributed by atoms with E-state index in [1.165, 1.54) is 0 Å². The van der Waals surface area contributed by atoms with E-state index in [1.807, 2.05) is 17.2 Å². The van der Waals surface area contributed by atoms with Crippen molar-refractivity contribution in [1.82, 2.24) is 15.2 Å². The Hall–Kier alpha value is -1.14. The summed E-state index contributed by atoms with van der Waals surface area (Å²) in [5.41, 5.74) is 0.780. The van der Waals surface area contributed by atoms with Crippen LogP contribution >= 0.6 is 11.3 Å². The quantitative estimate of drug-likeness (QED) is 0.929. The number of aryl methyl sites for hydroxylation is 1. The zero-order chi connectivity index (χ0) is 15.5. The van der Waals surface area contributed by atoms with E-state index >= 15 is 0 Å². The maximum atomic E-state index is 12.5. The largest absolute Gasteiger partial charge is 0.372 e. The Morgan fingerprint density at radius 2 is 2.38 bits per heavy atom. The van der Waals surface area contributed by atoms with Gasteiger partial charge in [-0.15, -0.1) is 11.3 Å². The number of hydrogen-bond acceptors (Lipinski definition) is 4. The van der Waals surface area contributed by atoms with E-state index < -0.39 is 0 Å². The lowest BCUT2D eigenvalue weighted by molar-refractivity contribution is -0.0874. The van der Waals surface area contributed by atoms with Crippen LogP contribution in [0.25, 0.3) is 0 Å². The average molecular weight is 311 g/mol. The molecule has 1 aliphatic rings. The normalized spacial score (nSPS) is 23.9. The minimum Gasteiger partial charge on any atom is -0.372 e. The third-order valence-corrected chi connectivity index (χ3v) is 5.09. The number of morpholine rings is 1. The van der Waals surface area contributed by atoms with Gasteiger partial charge in [0.2, 0.25) is 0 Å². The van der Waals surface area contributed by atoms with Gasteiger partial charge in [0.05, 0.1) is 24.8 Å². The summed E-state index contributed by atoms with van der Waals surface area (Å²) < 4.78 is 5.78. The molecule has 6 heteroatoms. The Labute approximate surface area is 130 Å². The van der Waals surface area contributed by atoms with Crippen molar-refractivity contribution in [3.8, 4) is 0 Å². The van der Waals surface area contributed by atoms with Gasteiger partial charge in [0.15, 0.2) is 0 Å². The van der Waals surface area contributed by atoms with E-state index in [2.05, 4.69) is 31.1 Å². The van der Waals surface area contributed by atoms with Crippen LogP contribution in [0.3, 0.4) is 0 Å². The second kappa shape index (κ2) is 6.75. The summed E-state index contributed by atoms with van der Waals surface area (Å²) in [5, 5.41) is 6.11. The van der Waals surface area contributed by atoms with Crippen LogP contribution in [-0.4, -0.2) is 41.2 Å². The lowest BCUT2D eigenvalue weighted by atomic mass is 10.0. The first-order chi connectivity index (χ1) is 9.97. The molecule has 1 saturated heterocycles. The molecule has 0 unspecified atom stereocenters. The van der Waals surface area contributed by atoms with Gasteiger partial charge >= 0.3 is 6.03 Å². The zero-order valence-corrected chi connectivity index (χ0v) is 14.1. The fourth-order valence-corrected chi connectivity index (χ4v) is 3.36. The Bertz CT molecular complexity index is 491. The van der Waals surface area contributed by atoms with E-state index in [0.29, 0.717) is 19.7 Å². The number of urea groups is 1. The summed E-state index contributed by atoms with van der Waals surface area (Å²) in [4.78, 5) is 18.8. The lowest BCUT2D eigenvalue weighted by Crippen LogP contribution is -2.54. The molecule has 1 aliphatic heterocycles. The highest BCUT2D eigenvalue weighted by Crippen LogP contribution is 2.23. The molecule has 1 aromatic rings. The molecule has 0 bridgehead atoms. The Kier molecular flexibility index (Phi) is 5.22. The minimum absolute atomic E-state index is 0.00747. The molecule has 2 atom stereocenters. The number of amides is 2. The van der Waals surface area contributed by atoms with Crippen LogP contribution in [-0.2, 0) is 4.74 Å². The van der Waals surface area contributed by atoms with Gasteiger partial charge in [-0.1, -0.05) is 13.8 Å². The fourth-order valence-electron chi connectivity index (χ4n) is 2.43. The number of ether oxygens (including phenoxy) is 1. The van der Waals surface area contributed by atoms with Crippen LogP contribution in [0.1, 0.15) is 50.4 Å². The van der Waals surface area contributed by atoms with E-state index in [0.717, 1.165) is 23.5 Å². The fraction of sp³-hybridized carbons (Fsp3) is 0.733. The third kappa shape index (κ3) is 3.95. The number of rotatable bonds is 4. The molecule has 0 aliphatic carbocycles. The standard InChI is InChI=1S/C15H25N3O2S/c1-5-12(13-16-11(3)9-21-13)17-14(19)18-7-8-20-15(4,6-2)10-18/h9,12H,5-8,10H2,1-4H3,(H,17,19)/t12-,15+/m1/s1. The second-order valence-corrected chi connectivity index (χ2v) is 6.70. The van der Waals surface area contributed by atoms with E-state index in [-0.39, 0.29) is 17.7 Å². The third-order valence-electron chi connectivity index (χ3n) is 4.01. The van der Waals surface area contributed by atoms with Crippen molar-refractivity contribution in [2.45, 2.75) is 52.2 Å². The van der Waals surface area contributed by atoms with Crippen LogP contribution in [0.4, 0.5) is 4.79 Å². The van der Waals surface area contributed by atoms with E-state index in [9.17, 15) is 4.79 Å². The number of hydrogen-bond donors (Lipinski definition) is 1. The molecule has 1 aromatic heterocycles. The van der Waals surface area contributed by atoms with Crippen LogP contribution in [0, 0.1) is 6.92 Å². The van der Waals surface area contributed by atoms with Gasteiger partial charge in [-0.05, 0) is 26.7 Å². The van der Waals surface area contributed by atoms with Crippen LogP contribution in [0.5, 0.6) is 0 Å². The SMILES string of the molecule is CC[C@@H](NC(=O)N1CCO[C@@](C)(CC)C1)c1nc(C)cs1. The monoisotopic (exact) mass is 311 g/mol. The van der Waals surface area contributed by atoms with Gasteiger partial charge in [0.1, 0.15) is 5.01 Å². The summed E-state index contributed by atoms with van der Waals surface area (Å²) in [7, 11) is 0. The van der Waals surface area contributed by atoms with Gasteiger partial charge in [0, 0.05) is 17.6 Å². The predicted octanol–water partition coefficient (Wildman–Crippen LogP) is 3.11. The van der Waals surface area contributed by atoms with Crippen LogP contribution in [0.15, 0.2) is 5.38 Å². The van der Waals surface area contributed by atoms with Crippen molar-refractivity contribution in [3.63, 3.8) is 0 Å². The molecule has 2 heterocycles. The summed E-state index contributed by atoms with van der Waals surface area (Å²) in [6.07, 6.45) is 1.74. The number of aromatic nitrogens is 1. The Balaban J connectivity index is 1.99. The molecule has 0 radical (unpaired) electrons. The minimum atomic E-state index is -0.227. The molecule has 2 rings (SSSR count). The number of carbonyl (C=O) groups is 1. The Morgan fingerprint density at radius 3 is 2.95 bits per heavy atom. The molecule has 118 valence electrons. The first kappa shape index (κ1) is 16.2. The molecule has 0 aromatic carbocycles. The molecule has 1 N–H and O–H groups in total. The molecule has 0 spiro atoms. The predicted molar refractivity (Wildman–Crippen MR) is 84.6 cm³/mol. The number of carbonyl (C=O) groups excluding carboxylic acids is 1. The van der Waals surface area contributed by atoms with Crippen molar-refractivity contribution in [3.05, 3.63) is 16.1 Å². The van der Waals surface area contributed by atoms with Crippen molar-refractivity contribution >= 4 is 17.4 Å². The number of thiazole rings is 1. The maximum absolute atomic E-state index is 12.5. The molecule has 5 nitrogen and oxygen atoms in total. The number of nitrogens with one attached hydrogen (secondary N) is 1. The molecule has 0 saturated carbocycles. The van der Waals surface area contributed by atoms with E-state index in [4.69, 9.17) is 4.74 Å². The van der Waals surface area contributed by atoms with Crippen molar-refractivity contribution < 1.29 is 9.53 Å². The highest BCUT2D eigenvalue weighted by atomic mass is 32.1. The van der Waals surface area contributed by atoms with Crippen LogP contribution < -0.4 is 5.32 Å². The van der Waals surface area contributed by atoms with Gasteiger partial charge in [-0.25, -0.2) is 9.78 Å². The molecular weight excluding hydrogens is 286 g/mol. The first-order valence-corrected chi connectivity index (χ1v) is 8.47. The topological polar surface area (TPSA) is 54.5 Å². The molecule has 1 fully saturated rings. The van der Waals surface area contributed by atoms with Gasteiger partial charge in [-0.3, -0.25) is 0 Å². The van der Waals surface area contributed by atoms with Gasteiger partial charge < -0.3 is 15.0 Å². The van der Waals surface area contributed by atoms with Gasteiger partial charge in [0.25, 0.3) is 0 Å². The second-order valence-electron chi connectivity index (χ2n) is 5.81. The summed E-state index contributed by atoms with van der Waals surface area (Å²) in [5.74, 6) is 0. The molecule has 21 heavy (non-hydrogen) atoms. The smallest absolute Gasteiger partial charge is 0.318 e. The zero-order valence-electron chi connectivity index (χ0n) is 13.3. The highest BCUT2D eigenvalue weighted by Gasteiger charge is 2.33. The average Bonchev–Trinajstić information content (AvgIpc) is 2.91. The summed E-state index contributed by atoms with van der Waals surface area (Å²) in [6.45, 7) is 10.1. The Morgan fingerprint density at radius 1 is 1.62 bits per heavy atom. The first-order valence-electron chi connectivity index (χ1n) is 7.59. The van der Waals surface area contributed by atoms with Crippen molar-refractivity contribution in [1.29, 1.82) is 0 Å². The lowest BCUT2D eigenvalue weighted by Gasteiger charge is -2.40. The molecule has 2 amide bonds. The summed E-state index contributed by atoms with van der Waals surface area (Å²) >= 11 is 1.61. The van der Waals surface area contributed by atoms with Crippen molar-refractivity contribution in [2.75, 3.05) is 19.7 Å². The maximum Gasteiger partial charge on any atom is 0.318 e. The summed E-state index contributed by atoms with van der Waals surface area (Å²) in [6, 6.07) is -0.0235.